The van der Waals surface area contributed by atoms with Crippen molar-refractivity contribution in [1.29, 1.82) is 0 Å². The maximum absolute atomic E-state index is 12.1. The second kappa shape index (κ2) is 7.41. The summed E-state index contributed by atoms with van der Waals surface area (Å²) in [6.07, 6.45) is -4.42. The molecule has 2 aromatic rings. The molecule has 2 aromatic carbocycles. The Morgan fingerprint density at radius 1 is 0.700 bits per heavy atom. The van der Waals surface area contributed by atoms with Crippen LogP contribution in [0.15, 0.2) is 42.5 Å². The molecule has 0 unspecified atom stereocenters. The second-order valence-electron chi connectivity index (χ2n) is 3.54. The zero-order valence-corrected chi connectivity index (χ0v) is 12.7. The van der Waals surface area contributed by atoms with Crippen LogP contribution < -0.4 is 0 Å². The van der Waals surface area contributed by atoms with Crippen molar-refractivity contribution in [2.75, 3.05) is 0 Å². The Labute approximate surface area is 134 Å². The van der Waals surface area contributed by atoms with E-state index in [4.69, 9.17) is 46.4 Å². The Morgan fingerprint density at radius 3 is 1.55 bits per heavy atom. The summed E-state index contributed by atoms with van der Waals surface area (Å²) in [5.74, 6) is 0. The van der Waals surface area contributed by atoms with Gasteiger partial charge in [-0.1, -0.05) is 58.5 Å². The lowest BCUT2D eigenvalue weighted by atomic mass is 10.2. The number of halogens is 7. The Bertz CT molecular complexity index is 561. The zero-order chi connectivity index (χ0) is 15.3. The molecule has 20 heavy (non-hydrogen) atoms. The molecule has 7 heteroatoms. The van der Waals surface area contributed by atoms with E-state index in [0.29, 0.717) is 10.0 Å². The molecule has 0 spiro atoms. The van der Waals surface area contributed by atoms with Crippen molar-refractivity contribution in [3.8, 4) is 0 Å². The molecule has 0 atom stereocenters. The fraction of sp³-hybridized carbons (Fsp3) is 0.0769. The van der Waals surface area contributed by atoms with Crippen LogP contribution >= 0.6 is 46.4 Å². The average Bonchev–Trinajstić information content (AvgIpc) is 2.32. The molecule has 0 aliphatic heterocycles. The Kier molecular flexibility index (Phi) is 6.46. The molecule has 0 nitrogen and oxygen atoms in total. The van der Waals surface area contributed by atoms with E-state index in [1.54, 1.807) is 12.1 Å². The van der Waals surface area contributed by atoms with Gasteiger partial charge >= 0.3 is 6.18 Å². The second-order valence-corrected chi connectivity index (χ2v) is 5.19. The van der Waals surface area contributed by atoms with Gasteiger partial charge in [0.15, 0.2) is 0 Å². The molecule has 0 fully saturated rings. The van der Waals surface area contributed by atoms with Gasteiger partial charge in [0.25, 0.3) is 0 Å². The number of hydrogen-bond acceptors (Lipinski definition) is 0. The molecule has 0 heterocycles. The fourth-order valence-electron chi connectivity index (χ4n) is 1.16. The monoisotopic (exact) mass is 360 g/mol. The van der Waals surface area contributed by atoms with E-state index in [9.17, 15) is 13.2 Å². The van der Waals surface area contributed by atoms with Gasteiger partial charge in [-0.15, -0.1) is 0 Å². The van der Waals surface area contributed by atoms with Crippen LogP contribution in [0.2, 0.25) is 20.1 Å². The van der Waals surface area contributed by atoms with Crippen molar-refractivity contribution < 1.29 is 13.2 Å². The van der Waals surface area contributed by atoms with Gasteiger partial charge in [-0.3, -0.25) is 0 Å². The van der Waals surface area contributed by atoms with Gasteiger partial charge in [0.1, 0.15) is 0 Å². The van der Waals surface area contributed by atoms with Gasteiger partial charge in [0, 0.05) is 5.02 Å². The number of hydrogen-bond donors (Lipinski definition) is 0. The highest BCUT2D eigenvalue weighted by molar-refractivity contribution is 6.41. The highest BCUT2D eigenvalue weighted by Crippen LogP contribution is 2.35. The lowest BCUT2D eigenvalue weighted by Gasteiger charge is -2.07. The minimum atomic E-state index is -4.42. The first-order valence-corrected chi connectivity index (χ1v) is 6.65. The van der Waals surface area contributed by atoms with Crippen LogP contribution in [0.1, 0.15) is 5.56 Å². The van der Waals surface area contributed by atoms with Crippen molar-refractivity contribution >= 4 is 46.4 Å². The van der Waals surface area contributed by atoms with Crippen molar-refractivity contribution in [2.45, 2.75) is 6.18 Å². The topological polar surface area (TPSA) is 0 Å². The Hall–Kier alpha value is -0.610. The molecule has 0 bridgehead atoms. The van der Waals surface area contributed by atoms with Crippen molar-refractivity contribution in [1.82, 2.24) is 0 Å². The normalized spacial score (nSPS) is 10.8. The zero-order valence-electron chi connectivity index (χ0n) is 9.69. The summed E-state index contributed by atoms with van der Waals surface area (Å²) in [4.78, 5) is 0. The highest BCUT2D eigenvalue weighted by atomic mass is 35.5. The summed E-state index contributed by atoms with van der Waals surface area (Å²) in [6, 6.07) is 10.3. The molecule has 108 valence electrons. The summed E-state index contributed by atoms with van der Waals surface area (Å²) in [5.41, 5.74) is -0.867. The van der Waals surface area contributed by atoms with Crippen LogP contribution in [0, 0.1) is 0 Å². The van der Waals surface area contributed by atoms with Crippen LogP contribution in [0.25, 0.3) is 0 Å². The van der Waals surface area contributed by atoms with Crippen molar-refractivity contribution in [3.05, 3.63) is 68.1 Å². The lowest BCUT2D eigenvalue weighted by Crippen LogP contribution is -2.05. The van der Waals surface area contributed by atoms with Gasteiger partial charge < -0.3 is 0 Å². The molecule has 0 aliphatic rings. The third kappa shape index (κ3) is 5.41. The van der Waals surface area contributed by atoms with Gasteiger partial charge in [-0.05, 0) is 30.3 Å². The van der Waals surface area contributed by atoms with E-state index in [0.717, 1.165) is 18.2 Å². The van der Waals surface area contributed by atoms with Crippen LogP contribution in [0.4, 0.5) is 13.2 Å². The van der Waals surface area contributed by atoms with Gasteiger partial charge in [0.05, 0.1) is 20.6 Å². The molecule has 2 rings (SSSR count). The molecule has 0 aromatic heterocycles. The first kappa shape index (κ1) is 17.4. The SMILES string of the molecule is Clc1ccccc1Cl.FC(F)(F)c1ccc(Cl)cc1Cl. The maximum atomic E-state index is 12.1. The maximum Gasteiger partial charge on any atom is 0.417 e. The van der Waals surface area contributed by atoms with E-state index in [1.165, 1.54) is 0 Å². The molecular formula is C13H7Cl4F3. The minimum Gasteiger partial charge on any atom is -0.166 e. The highest BCUT2D eigenvalue weighted by Gasteiger charge is 2.32. The first-order chi connectivity index (χ1) is 9.21. The van der Waals surface area contributed by atoms with E-state index < -0.39 is 11.7 Å². The smallest absolute Gasteiger partial charge is 0.166 e. The summed E-state index contributed by atoms with van der Waals surface area (Å²) in [5, 5.41) is 1.02. The fourth-order valence-corrected chi connectivity index (χ4v) is 1.95. The summed E-state index contributed by atoms with van der Waals surface area (Å²) in [6.45, 7) is 0. The largest absolute Gasteiger partial charge is 0.417 e. The lowest BCUT2D eigenvalue weighted by molar-refractivity contribution is -0.137. The van der Waals surface area contributed by atoms with Crippen LogP contribution in [-0.4, -0.2) is 0 Å². The molecule has 0 radical (unpaired) electrons. The molecule has 0 aliphatic carbocycles. The number of rotatable bonds is 0. The predicted molar refractivity (Wildman–Crippen MR) is 77.9 cm³/mol. The third-order valence-corrected chi connectivity index (χ3v) is 3.36. The van der Waals surface area contributed by atoms with E-state index in [2.05, 4.69) is 0 Å². The van der Waals surface area contributed by atoms with E-state index >= 15 is 0 Å². The molecule has 0 saturated heterocycles. The van der Waals surface area contributed by atoms with Crippen LogP contribution in [0.3, 0.4) is 0 Å². The van der Waals surface area contributed by atoms with E-state index in [-0.39, 0.29) is 10.0 Å². The quantitative estimate of drug-likeness (QED) is 0.473. The number of benzene rings is 2. The van der Waals surface area contributed by atoms with Gasteiger partial charge in [-0.25, -0.2) is 0 Å². The Balaban J connectivity index is 0.000000217. The Morgan fingerprint density at radius 2 is 1.20 bits per heavy atom. The predicted octanol–water partition coefficient (Wildman–Crippen LogP) is 7.01. The summed E-state index contributed by atoms with van der Waals surface area (Å²) in [7, 11) is 0. The molecule has 0 amide bonds. The first-order valence-electron chi connectivity index (χ1n) is 5.14. The van der Waals surface area contributed by atoms with Crippen molar-refractivity contribution in [2.24, 2.45) is 0 Å². The minimum absolute atomic E-state index is 0.188. The molecule has 0 N–H and O–H groups in total. The summed E-state index contributed by atoms with van der Waals surface area (Å²) >= 11 is 21.9. The molecular weight excluding hydrogens is 355 g/mol. The summed E-state index contributed by atoms with van der Waals surface area (Å²) < 4.78 is 36.2. The third-order valence-electron chi connectivity index (χ3n) is 2.06. The van der Waals surface area contributed by atoms with E-state index in [1.807, 2.05) is 12.1 Å². The van der Waals surface area contributed by atoms with Crippen molar-refractivity contribution in [3.63, 3.8) is 0 Å². The van der Waals surface area contributed by atoms with Crippen LogP contribution in [-0.2, 0) is 6.18 Å². The average molecular weight is 362 g/mol. The number of alkyl halides is 3. The van der Waals surface area contributed by atoms with Gasteiger partial charge in [0.2, 0.25) is 0 Å². The van der Waals surface area contributed by atoms with Gasteiger partial charge in [-0.2, -0.15) is 13.2 Å². The molecule has 0 saturated carbocycles. The van der Waals surface area contributed by atoms with Crippen LogP contribution in [0.5, 0.6) is 0 Å². The standard InChI is InChI=1S/C7H3Cl2F3.C6H4Cl2/c8-4-1-2-5(6(9)3-4)7(10,11)12;7-5-3-1-2-4-6(5)8/h1-3H;1-4H.